The summed E-state index contributed by atoms with van der Waals surface area (Å²) in [7, 11) is 0. The van der Waals surface area contributed by atoms with E-state index in [1.54, 1.807) is 0 Å². The van der Waals surface area contributed by atoms with Crippen LogP contribution in [0.25, 0.3) is 11.3 Å². The van der Waals surface area contributed by atoms with Crippen molar-refractivity contribution in [3.63, 3.8) is 0 Å². The van der Waals surface area contributed by atoms with Gasteiger partial charge in [-0.05, 0) is 12.1 Å². The first kappa shape index (κ1) is 8.69. The summed E-state index contributed by atoms with van der Waals surface area (Å²) in [6, 6.07) is 12.1. The molecule has 0 spiro atoms. The molecule has 0 aliphatic heterocycles. The summed E-state index contributed by atoms with van der Waals surface area (Å²) in [5, 5.41) is 0. The third-order valence-corrected chi connectivity index (χ3v) is 1.94. The lowest BCUT2D eigenvalue weighted by atomic mass is 10.1. The zero-order chi connectivity index (χ0) is 9.97. The molecule has 3 heteroatoms. The molecule has 0 atom stereocenters. The molecule has 0 bridgehead atoms. The first-order valence-electron chi connectivity index (χ1n) is 4.25. The lowest BCUT2D eigenvalue weighted by Crippen LogP contribution is -1.95. The van der Waals surface area contributed by atoms with Gasteiger partial charge in [0.15, 0.2) is 0 Å². The van der Waals surface area contributed by atoms with Gasteiger partial charge in [0.25, 0.3) is 0 Å². The normalized spacial score (nSPS) is 10.1. The second-order valence-electron chi connectivity index (χ2n) is 2.94. The van der Waals surface area contributed by atoms with Crippen LogP contribution < -0.4 is 5.73 Å². The standard InChI is InChI=1S/C11H9FN2/c12-10-7-6-9(13)11(14-10)8-4-2-1-3-5-8/h1-7H,13H2. The van der Waals surface area contributed by atoms with Crippen LogP contribution in [0.1, 0.15) is 0 Å². The van der Waals surface area contributed by atoms with Crippen molar-refractivity contribution in [2.75, 3.05) is 5.73 Å². The van der Waals surface area contributed by atoms with Crippen LogP contribution in [0.3, 0.4) is 0 Å². The first-order valence-corrected chi connectivity index (χ1v) is 4.25. The van der Waals surface area contributed by atoms with Crippen LogP contribution in [0.4, 0.5) is 10.1 Å². The Morgan fingerprint density at radius 3 is 2.43 bits per heavy atom. The third-order valence-electron chi connectivity index (χ3n) is 1.94. The van der Waals surface area contributed by atoms with Gasteiger partial charge in [-0.1, -0.05) is 30.3 Å². The molecular weight excluding hydrogens is 179 g/mol. The Kier molecular flexibility index (Phi) is 2.14. The topological polar surface area (TPSA) is 38.9 Å². The predicted molar refractivity (Wildman–Crippen MR) is 54.0 cm³/mol. The molecule has 0 unspecified atom stereocenters. The molecule has 0 saturated heterocycles. The van der Waals surface area contributed by atoms with Crippen molar-refractivity contribution < 1.29 is 4.39 Å². The van der Waals surface area contributed by atoms with Gasteiger partial charge < -0.3 is 5.73 Å². The van der Waals surface area contributed by atoms with Gasteiger partial charge in [0.2, 0.25) is 5.95 Å². The number of nitrogens with two attached hydrogens (primary N) is 1. The van der Waals surface area contributed by atoms with Crippen molar-refractivity contribution in [2.45, 2.75) is 0 Å². The van der Waals surface area contributed by atoms with E-state index in [9.17, 15) is 4.39 Å². The van der Waals surface area contributed by atoms with Crippen LogP contribution in [0.15, 0.2) is 42.5 Å². The molecule has 0 saturated carbocycles. The van der Waals surface area contributed by atoms with Gasteiger partial charge in [0.1, 0.15) is 0 Å². The summed E-state index contributed by atoms with van der Waals surface area (Å²) in [6.07, 6.45) is 0. The van der Waals surface area contributed by atoms with Crippen LogP contribution in [-0.2, 0) is 0 Å². The van der Waals surface area contributed by atoms with Crippen LogP contribution >= 0.6 is 0 Å². The molecule has 14 heavy (non-hydrogen) atoms. The molecule has 70 valence electrons. The highest BCUT2D eigenvalue weighted by Crippen LogP contribution is 2.22. The van der Waals surface area contributed by atoms with Gasteiger partial charge in [-0.2, -0.15) is 4.39 Å². The van der Waals surface area contributed by atoms with E-state index >= 15 is 0 Å². The Hall–Kier alpha value is -1.90. The van der Waals surface area contributed by atoms with E-state index < -0.39 is 5.95 Å². The number of hydrogen-bond acceptors (Lipinski definition) is 2. The summed E-state index contributed by atoms with van der Waals surface area (Å²) in [4.78, 5) is 3.75. The zero-order valence-electron chi connectivity index (χ0n) is 7.44. The summed E-state index contributed by atoms with van der Waals surface area (Å²) < 4.78 is 12.9. The largest absolute Gasteiger partial charge is 0.397 e. The summed E-state index contributed by atoms with van der Waals surface area (Å²) >= 11 is 0. The van der Waals surface area contributed by atoms with E-state index in [1.807, 2.05) is 30.3 Å². The minimum absolute atomic E-state index is 0.484. The number of aromatic nitrogens is 1. The van der Waals surface area contributed by atoms with Crippen LogP contribution in [0.2, 0.25) is 0 Å². The molecule has 0 aliphatic rings. The van der Waals surface area contributed by atoms with Crippen molar-refractivity contribution in [1.29, 1.82) is 0 Å². The lowest BCUT2D eigenvalue weighted by molar-refractivity contribution is 0.586. The fourth-order valence-electron chi connectivity index (χ4n) is 1.27. The molecule has 2 aromatic rings. The maximum absolute atomic E-state index is 12.9. The number of benzene rings is 1. The first-order chi connectivity index (χ1) is 6.77. The number of rotatable bonds is 1. The van der Waals surface area contributed by atoms with Gasteiger partial charge in [0.05, 0.1) is 11.4 Å². The zero-order valence-corrected chi connectivity index (χ0v) is 7.44. The van der Waals surface area contributed by atoms with E-state index in [4.69, 9.17) is 5.73 Å². The number of halogens is 1. The molecule has 0 amide bonds. The van der Waals surface area contributed by atoms with Gasteiger partial charge in [-0.3, -0.25) is 0 Å². The average Bonchev–Trinajstić information content (AvgIpc) is 2.23. The Morgan fingerprint density at radius 2 is 1.71 bits per heavy atom. The van der Waals surface area contributed by atoms with Gasteiger partial charge in [-0.15, -0.1) is 0 Å². The summed E-state index contributed by atoms with van der Waals surface area (Å²) in [5.41, 5.74) is 7.49. The highest BCUT2D eigenvalue weighted by Gasteiger charge is 2.04. The number of nitrogens with zero attached hydrogens (tertiary/aromatic N) is 1. The number of pyridine rings is 1. The summed E-state index contributed by atoms with van der Waals surface area (Å²) in [6.45, 7) is 0. The fourth-order valence-corrected chi connectivity index (χ4v) is 1.27. The van der Waals surface area contributed by atoms with Crippen LogP contribution in [0.5, 0.6) is 0 Å². The van der Waals surface area contributed by atoms with E-state index in [1.165, 1.54) is 12.1 Å². The average molecular weight is 188 g/mol. The SMILES string of the molecule is Nc1ccc(F)nc1-c1ccccc1. The van der Waals surface area contributed by atoms with E-state index in [0.29, 0.717) is 11.4 Å². The Bertz CT molecular complexity index is 440. The molecule has 2 N–H and O–H groups in total. The molecule has 1 heterocycles. The smallest absolute Gasteiger partial charge is 0.213 e. The monoisotopic (exact) mass is 188 g/mol. The van der Waals surface area contributed by atoms with Gasteiger partial charge in [-0.25, -0.2) is 4.98 Å². The van der Waals surface area contributed by atoms with Crippen LogP contribution in [0, 0.1) is 5.95 Å². The molecule has 1 aromatic heterocycles. The minimum atomic E-state index is -0.516. The van der Waals surface area contributed by atoms with E-state index in [0.717, 1.165) is 5.56 Å². The van der Waals surface area contributed by atoms with E-state index in [2.05, 4.69) is 4.98 Å². The highest BCUT2D eigenvalue weighted by molar-refractivity contribution is 5.71. The molecule has 0 radical (unpaired) electrons. The summed E-state index contributed by atoms with van der Waals surface area (Å²) in [5.74, 6) is -0.516. The van der Waals surface area contributed by atoms with Crippen molar-refractivity contribution in [1.82, 2.24) is 4.98 Å². The van der Waals surface area contributed by atoms with Gasteiger partial charge in [0, 0.05) is 5.56 Å². The second kappa shape index (κ2) is 3.46. The van der Waals surface area contributed by atoms with Crippen molar-refractivity contribution >= 4 is 5.69 Å². The number of nitrogen functional groups attached to an aromatic ring is 1. The quantitative estimate of drug-likeness (QED) is 0.698. The molecule has 0 aliphatic carbocycles. The Labute approximate surface area is 81.2 Å². The van der Waals surface area contributed by atoms with Crippen molar-refractivity contribution in [3.05, 3.63) is 48.4 Å². The van der Waals surface area contributed by atoms with Crippen LogP contribution in [-0.4, -0.2) is 4.98 Å². The van der Waals surface area contributed by atoms with Crippen molar-refractivity contribution in [3.8, 4) is 11.3 Å². The molecule has 2 rings (SSSR count). The minimum Gasteiger partial charge on any atom is -0.397 e. The number of anilines is 1. The molecule has 2 nitrogen and oxygen atoms in total. The third kappa shape index (κ3) is 1.57. The maximum atomic E-state index is 12.9. The molecule has 1 aromatic carbocycles. The Morgan fingerprint density at radius 1 is 1.00 bits per heavy atom. The lowest BCUT2D eigenvalue weighted by Gasteiger charge is -2.03. The second-order valence-corrected chi connectivity index (χ2v) is 2.94. The Balaban J connectivity index is 2.57. The van der Waals surface area contributed by atoms with Crippen molar-refractivity contribution in [2.24, 2.45) is 0 Å². The predicted octanol–water partition coefficient (Wildman–Crippen LogP) is 2.47. The molecular formula is C11H9FN2. The molecule has 0 fully saturated rings. The maximum Gasteiger partial charge on any atom is 0.213 e. The number of hydrogen-bond donors (Lipinski definition) is 1. The van der Waals surface area contributed by atoms with E-state index in [-0.39, 0.29) is 0 Å². The highest BCUT2D eigenvalue weighted by atomic mass is 19.1. The fraction of sp³-hybridized carbons (Fsp3) is 0. The van der Waals surface area contributed by atoms with Gasteiger partial charge >= 0.3 is 0 Å².